The summed E-state index contributed by atoms with van der Waals surface area (Å²) >= 11 is 0. The monoisotopic (exact) mass is 498 g/mol. The lowest BCUT2D eigenvalue weighted by atomic mass is 9.76. The van der Waals surface area contributed by atoms with E-state index in [9.17, 15) is 22.8 Å². The Morgan fingerprint density at radius 2 is 1.92 bits per heavy atom. The number of carbonyl (C=O) groups excluding carboxylic acids is 2. The Morgan fingerprint density at radius 3 is 2.53 bits per heavy atom. The van der Waals surface area contributed by atoms with Crippen molar-refractivity contribution < 1.29 is 22.8 Å². The number of aromatic nitrogens is 2. The van der Waals surface area contributed by atoms with Gasteiger partial charge in [0.15, 0.2) is 0 Å². The standard InChI is InChI=1S/C25H25F3N6O2/c26-25(27,28)19-11-18(4-1-16(19)13-29)33-9-6-24(7-10-33)12-21(22(35)32-17-2-3-17)34(14-24)23(36)20-5-8-30-15-31-20/h1,4-5,8,11,15,17,21H,2-3,6-7,9-10,12,14H2,(H,32,35). The van der Waals surface area contributed by atoms with Crippen LogP contribution in [0.1, 0.15) is 53.7 Å². The highest BCUT2D eigenvalue weighted by Crippen LogP contribution is 2.45. The number of rotatable bonds is 4. The number of alkyl halides is 3. The van der Waals surface area contributed by atoms with E-state index >= 15 is 0 Å². The molecule has 3 aliphatic rings. The molecule has 2 aromatic rings. The summed E-state index contributed by atoms with van der Waals surface area (Å²) in [6, 6.07) is 6.45. The Kier molecular flexibility index (Phi) is 6.06. The van der Waals surface area contributed by atoms with Crippen molar-refractivity contribution in [3.05, 3.63) is 53.6 Å². The Morgan fingerprint density at radius 1 is 1.17 bits per heavy atom. The maximum atomic E-state index is 13.4. The van der Waals surface area contributed by atoms with Gasteiger partial charge in [-0.1, -0.05) is 0 Å². The van der Waals surface area contributed by atoms with E-state index in [1.54, 1.807) is 11.0 Å². The van der Waals surface area contributed by atoms with Crippen molar-refractivity contribution in [1.29, 1.82) is 5.26 Å². The zero-order chi connectivity index (χ0) is 25.5. The van der Waals surface area contributed by atoms with Crippen LogP contribution in [0.15, 0.2) is 36.8 Å². The predicted molar refractivity (Wildman–Crippen MR) is 123 cm³/mol. The van der Waals surface area contributed by atoms with Gasteiger partial charge in [0.1, 0.15) is 18.1 Å². The second kappa shape index (κ2) is 9.08. The van der Waals surface area contributed by atoms with Crippen molar-refractivity contribution >= 4 is 17.5 Å². The fraction of sp³-hybridized carbons (Fsp3) is 0.480. The summed E-state index contributed by atoms with van der Waals surface area (Å²) in [4.78, 5) is 37.7. The molecule has 2 saturated heterocycles. The molecule has 1 aromatic heterocycles. The quantitative estimate of drug-likeness (QED) is 0.695. The van der Waals surface area contributed by atoms with Gasteiger partial charge in [-0.25, -0.2) is 9.97 Å². The lowest BCUT2D eigenvalue weighted by Gasteiger charge is -2.40. The molecule has 188 valence electrons. The SMILES string of the molecule is N#Cc1ccc(N2CCC3(CC2)CC(C(=O)NC2CC2)N(C(=O)c2ccncn2)C3)cc1C(F)(F)F. The van der Waals surface area contributed by atoms with Gasteiger partial charge in [0.2, 0.25) is 5.91 Å². The predicted octanol–water partition coefficient (Wildman–Crippen LogP) is 3.15. The smallest absolute Gasteiger partial charge is 0.371 e. The highest BCUT2D eigenvalue weighted by molar-refractivity contribution is 5.96. The molecule has 1 aliphatic carbocycles. The number of likely N-dealkylation sites (tertiary alicyclic amines) is 1. The van der Waals surface area contributed by atoms with Gasteiger partial charge in [-0.2, -0.15) is 18.4 Å². The van der Waals surface area contributed by atoms with Crippen LogP contribution in [-0.2, 0) is 11.0 Å². The maximum absolute atomic E-state index is 13.4. The fourth-order valence-electron chi connectivity index (χ4n) is 5.26. The van der Waals surface area contributed by atoms with Gasteiger partial charge in [0, 0.05) is 37.6 Å². The fourth-order valence-corrected chi connectivity index (χ4v) is 5.26. The number of benzene rings is 1. The highest BCUT2D eigenvalue weighted by atomic mass is 19.4. The average Bonchev–Trinajstić information content (AvgIpc) is 3.62. The lowest BCUT2D eigenvalue weighted by Crippen LogP contribution is -2.46. The van der Waals surface area contributed by atoms with Gasteiger partial charge in [0.05, 0.1) is 17.2 Å². The molecule has 5 rings (SSSR count). The Hall–Kier alpha value is -3.68. The van der Waals surface area contributed by atoms with Crippen LogP contribution >= 0.6 is 0 Å². The van der Waals surface area contributed by atoms with Crippen LogP contribution in [0.4, 0.5) is 18.9 Å². The van der Waals surface area contributed by atoms with Crippen LogP contribution in [0.5, 0.6) is 0 Å². The number of anilines is 1. The third-order valence-corrected chi connectivity index (χ3v) is 7.41. The van der Waals surface area contributed by atoms with Gasteiger partial charge >= 0.3 is 6.18 Å². The molecule has 0 bridgehead atoms. The summed E-state index contributed by atoms with van der Waals surface area (Å²) < 4.78 is 40.3. The minimum absolute atomic E-state index is 0.158. The van der Waals surface area contributed by atoms with Crippen LogP contribution < -0.4 is 10.2 Å². The van der Waals surface area contributed by atoms with E-state index in [2.05, 4.69) is 15.3 Å². The molecule has 3 heterocycles. The molecule has 1 aromatic carbocycles. The number of piperidine rings is 1. The van der Waals surface area contributed by atoms with E-state index in [1.165, 1.54) is 30.7 Å². The Bertz CT molecular complexity index is 1200. The zero-order valence-corrected chi connectivity index (χ0v) is 19.5. The molecule has 11 heteroatoms. The summed E-state index contributed by atoms with van der Waals surface area (Å²) in [6.45, 7) is 1.35. The summed E-state index contributed by atoms with van der Waals surface area (Å²) in [5.74, 6) is -0.490. The van der Waals surface area contributed by atoms with Crippen LogP contribution in [0.2, 0.25) is 0 Å². The Balaban J connectivity index is 1.34. The Labute approximate surface area is 206 Å². The van der Waals surface area contributed by atoms with E-state index < -0.39 is 23.3 Å². The number of halogens is 3. The first-order chi connectivity index (χ1) is 17.2. The summed E-state index contributed by atoms with van der Waals surface area (Å²) in [6.07, 6.45) is 1.77. The van der Waals surface area contributed by atoms with E-state index in [1.807, 2.05) is 4.90 Å². The number of carbonyl (C=O) groups is 2. The van der Waals surface area contributed by atoms with Crippen molar-refractivity contribution in [2.45, 2.75) is 50.4 Å². The van der Waals surface area contributed by atoms with Gasteiger partial charge < -0.3 is 15.1 Å². The average molecular weight is 499 g/mol. The van der Waals surface area contributed by atoms with Gasteiger partial charge in [-0.3, -0.25) is 9.59 Å². The third kappa shape index (κ3) is 4.72. The van der Waals surface area contributed by atoms with Crippen molar-refractivity contribution in [2.75, 3.05) is 24.5 Å². The first-order valence-corrected chi connectivity index (χ1v) is 11.9. The minimum atomic E-state index is -4.62. The highest BCUT2D eigenvalue weighted by Gasteiger charge is 2.50. The third-order valence-electron chi connectivity index (χ3n) is 7.41. The summed E-state index contributed by atoms with van der Waals surface area (Å²) in [7, 11) is 0. The van der Waals surface area contributed by atoms with Gasteiger partial charge in [-0.15, -0.1) is 0 Å². The molecule has 3 fully saturated rings. The first kappa shape index (κ1) is 24.0. The van der Waals surface area contributed by atoms with Crippen LogP contribution in [0.3, 0.4) is 0 Å². The van der Waals surface area contributed by atoms with Gasteiger partial charge in [0.25, 0.3) is 5.91 Å². The van der Waals surface area contributed by atoms with E-state index in [0.717, 1.165) is 18.9 Å². The van der Waals surface area contributed by atoms with Crippen molar-refractivity contribution in [3.8, 4) is 6.07 Å². The number of hydrogen-bond donors (Lipinski definition) is 1. The largest absolute Gasteiger partial charge is 0.417 e. The maximum Gasteiger partial charge on any atom is 0.417 e. The first-order valence-electron chi connectivity index (χ1n) is 11.9. The second-order valence-corrected chi connectivity index (χ2v) is 9.86. The molecule has 2 amide bonds. The summed E-state index contributed by atoms with van der Waals surface area (Å²) in [5.41, 5.74) is -1.03. The van der Waals surface area contributed by atoms with Crippen LogP contribution in [-0.4, -0.2) is 58.4 Å². The normalized spacial score (nSPS) is 21.3. The van der Waals surface area contributed by atoms with Gasteiger partial charge in [-0.05, 0) is 61.8 Å². The number of hydrogen-bond acceptors (Lipinski definition) is 6. The molecule has 1 spiro atoms. The molecular weight excluding hydrogens is 473 g/mol. The van der Waals surface area contributed by atoms with Crippen molar-refractivity contribution in [1.82, 2.24) is 20.2 Å². The molecule has 1 atom stereocenters. The molecule has 1 N–H and O–H groups in total. The zero-order valence-electron chi connectivity index (χ0n) is 19.5. The molecule has 1 saturated carbocycles. The molecule has 1 unspecified atom stereocenters. The van der Waals surface area contributed by atoms with E-state index in [-0.39, 0.29) is 29.0 Å². The topological polar surface area (TPSA) is 102 Å². The van der Waals surface area contributed by atoms with Crippen LogP contribution in [0, 0.1) is 16.7 Å². The number of nitrogens with zero attached hydrogens (tertiary/aromatic N) is 5. The summed E-state index contributed by atoms with van der Waals surface area (Å²) in [5, 5.41) is 12.1. The van der Waals surface area contributed by atoms with Crippen molar-refractivity contribution in [3.63, 3.8) is 0 Å². The molecular formula is C25H25F3N6O2. The number of nitriles is 1. The molecule has 2 aliphatic heterocycles. The van der Waals surface area contributed by atoms with Crippen LogP contribution in [0.25, 0.3) is 0 Å². The lowest BCUT2D eigenvalue weighted by molar-refractivity contribution is -0.137. The minimum Gasteiger partial charge on any atom is -0.371 e. The molecule has 36 heavy (non-hydrogen) atoms. The molecule has 0 radical (unpaired) electrons. The van der Waals surface area contributed by atoms with E-state index in [0.29, 0.717) is 44.6 Å². The second-order valence-electron chi connectivity index (χ2n) is 9.86. The number of nitrogens with one attached hydrogen (secondary N) is 1. The van der Waals surface area contributed by atoms with Crippen molar-refractivity contribution in [2.24, 2.45) is 5.41 Å². The number of amides is 2. The van der Waals surface area contributed by atoms with E-state index in [4.69, 9.17) is 5.26 Å². The molecule has 8 nitrogen and oxygen atoms in total.